The predicted octanol–water partition coefficient (Wildman–Crippen LogP) is 2.15. The lowest BCUT2D eigenvalue weighted by Crippen LogP contribution is -2.15. The second-order valence-electron chi connectivity index (χ2n) is 5.04. The number of ether oxygens (including phenoxy) is 1. The van der Waals surface area contributed by atoms with E-state index in [1.807, 2.05) is 6.92 Å². The van der Waals surface area contributed by atoms with Crippen molar-refractivity contribution in [2.75, 3.05) is 6.61 Å². The third-order valence-corrected chi connectivity index (χ3v) is 2.20. The highest BCUT2D eigenvalue weighted by Crippen LogP contribution is 2.18. The summed E-state index contributed by atoms with van der Waals surface area (Å²) in [6.07, 6.45) is 1.63. The number of hydrogen-bond donors (Lipinski definition) is 1. The average Bonchev–Trinajstić information content (AvgIpc) is 2.14. The molecule has 0 saturated carbocycles. The molecule has 4 nitrogen and oxygen atoms in total. The van der Waals surface area contributed by atoms with Gasteiger partial charge >= 0.3 is 0 Å². The monoisotopic (exact) mass is 224 g/mol. The van der Waals surface area contributed by atoms with Crippen LogP contribution < -0.4 is 10.3 Å². The molecule has 0 bridgehead atoms. The van der Waals surface area contributed by atoms with Crippen molar-refractivity contribution in [1.82, 2.24) is 9.97 Å². The van der Waals surface area contributed by atoms with Crippen molar-refractivity contribution in [3.05, 3.63) is 22.2 Å². The van der Waals surface area contributed by atoms with Crippen LogP contribution in [0, 0.1) is 5.41 Å². The van der Waals surface area contributed by atoms with Crippen LogP contribution in [0.25, 0.3) is 0 Å². The van der Waals surface area contributed by atoms with Crippen molar-refractivity contribution in [2.45, 2.75) is 40.5 Å². The molecule has 1 aromatic heterocycles. The summed E-state index contributed by atoms with van der Waals surface area (Å²) < 4.78 is 5.47. The fourth-order valence-corrected chi connectivity index (χ4v) is 1.19. The molecule has 0 aliphatic carbocycles. The molecule has 0 fully saturated rings. The lowest BCUT2D eigenvalue weighted by molar-refractivity contribution is 0.235. The second-order valence-corrected chi connectivity index (χ2v) is 5.04. The van der Waals surface area contributed by atoms with Crippen LogP contribution in [0.4, 0.5) is 0 Å². The van der Waals surface area contributed by atoms with Crippen molar-refractivity contribution in [3.63, 3.8) is 0 Å². The zero-order valence-electron chi connectivity index (χ0n) is 10.5. The fraction of sp³-hybridized carbons (Fsp3) is 0.667. The summed E-state index contributed by atoms with van der Waals surface area (Å²) in [5, 5.41) is 0. The molecule has 90 valence electrons. The number of aromatic nitrogens is 2. The molecule has 0 amide bonds. The smallest absolute Gasteiger partial charge is 0.254 e. The highest BCUT2D eigenvalue weighted by Gasteiger charge is 2.10. The summed E-state index contributed by atoms with van der Waals surface area (Å²) in [5.41, 5.74) is 0.0759. The molecule has 4 heteroatoms. The minimum atomic E-state index is -0.155. The van der Waals surface area contributed by atoms with Gasteiger partial charge in [-0.3, -0.25) is 4.79 Å². The topological polar surface area (TPSA) is 55.0 Å². The van der Waals surface area contributed by atoms with E-state index in [2.05, 4.69) is 30.7 Å². The Labute approximate surface area is 96.1 Å². The Balaban J connectivity index is 2.60. The van der Waals surface area contributed by atoms with Gasteiger partial charge in [0.25, 0.3) is 5.56 Å². The first-order valence-electron chi connectivity index (χ1n) is 5.64. The summed E-state index contributed by atoms with van der Waals surface area (Å²) in [5.74, 6) is 1.09. The minimum Gasteiger partial charge on any atom is -0.477 e. The standard InChI is InChI=1S/C12H20N2O2/c1-5-9-13-10(15)8-11(14-9)16-7-6-12(2,3)4/h8H,5-7H2,1-4H3,(H,13,14,15). The summed E-state index contributed by atoms with van der Waals surface area (Å²) in [7, 11) is 0. The number of aromatic amines is 1. The van der Waals surface area contributed by atoms with Crippen LogP contribution in [-0.2, 0) is 6.42 Å². The molecule has 0 aliphatic heterocycles. The zero-order chi connectivity index (χ0) is 12.2. The molecule has 1 heterocycles. The molecule has 0 spiro atoms. The van der Waals surface area contributed by atoms with Gasteiger partial charge in [-0.05, 0) is 11.8 Å². The van der Waals surface area contributed by atoms with Crippen LogP contribution >= 0.6 is 0 Å². The Bertz CT molecular complexity index is 391. The van der Waals surface area contributed by atoms with Crippen LogP contribution in [0.15, 0.2) is 10.9 Å². The number of aryl methyl sites for hydroxylation is 1. The average molecular weight is 224 g/mol. The summed E-state index contributed by atoms with van der Waals surface area (Å²) in [6, 6.07) is 1.39. The van der Waals surface area contributed by atoms with Gasteiger partial charge in [0, 0.05) is 6.42 Å². The van der Waals surface area contributed by atoms with Crippen LogP contribution in [-0.4, -0.2) is 16.6 Å². The molecule has 16 heavy (non-hydrogen) atoms. The van der Waals surface area contributed by atoms with Crippen molar-refractivity contribution >= 4 is 0 Å². The Hall–Kier alpha value is -1.32. The molecule has 1 N–H and O–H groups in total. The SMILES string of the molecule is CCc1nc(OCCC(C)(C)C)cc(=O)[nH]1. The third kappa shape index (κ3) is 4.47. The Morgan fingerprint density at radius 3 is 2.69 bits per heavy atom. The molecule has 0 aromatic carbocycles. The van der Waals surface area contributed by atoms with Gasteiger partial charge in [-0.1, -0.05) is 27.7 Å². The molecule has 0 atom stereocenters. The summed E-state index contributed by atoms with van der Waals surface area (Å²) in [6.45, 7) is 8.98. The quantitative estimate of drug-likeness (QED) is 0.852. The molecule has 0 aliphatic rings. The van der Waals surface area contributed by atoms with Gasteiger partial charge in [-0.2, -0.15) is 0 Å². The number of rotatable bonds is 4. The summed E-state index contributed by atoms with van der Waals surface area (Å²) >= 11 is 0. The van der Waals surface area contributed by atoms with Crippen LogP contribution in [0.5, 0.6) is 5.88 Å². The van der Waals surface area contributed by atoms with E-state index in [1.54, 1.807) is 0 Å². The van der Waals surface area contributed by atoms with Gasteiger partial charge in [-0.15, -0.1) is 0 Å². The Morgan fingerprint density at radius 1 is 1.44 bits per heavy atom. The normalized spacial score (nSPS) is 11.5. The van der Waals surface area contributed by atoms with Gasteiger partial charge in [-0.25, -0.2) is 4.98 Å². The van der Waals surface area contributed by atoms with Crippen LogP contribution in [0.2, 0.25) is 0 Å². The first-order chi connectivity index (χ1) is 7.40. The number of nitrogens with zero attached hydrogens (tertiary/aromatic N) is 1. The van der Waals surface area contributed by atoms with Gasteiger partial charge in [0.1, 0.15) is 5.82 Å². The van der Waals surface area contributed by atoms with Crippen molar-refractivity contribution < 1.29 is 4.74 Å². The van der Waals surface area contributed by atoms with E-state index in [9.17, 15) is 4.79 Å². The van der Waals surface area contributed by atoms with E-state index in [0.717, 1.165) is 6.42 Å². The van der Waals surface area contributed by atoms with Gasteiger partial charge in [0.2, 0.25) is 5.88 Å². The van der Waals surface area contributed by atoms with Crippen molar-refractivity contribution in [1.29, 1.82) is 0 Å². The first kappa shape index (κ1) is 12.7. The first-order valence-corrected chi connectivity index (χ1v) is 5.64. The van der Waals surface area contributed by atoms with Gasteiger partial charge in [0.05, 0.1) is 12.7 Å². The highest BCUT2D eigenvalue weighted by atomic mass is 16.5. The molecule has 1 aromatic rings. The number of hydrogen-bond acceptors (Lipinski definition) is 3. The van der Waals surface area contributed by atoms with E-state index in [1.165, 1.54) is 6.07 Å². The van der Waals surface area contributed by atoms with E-state index < -0.39 is 0 Å². The fourth-order valence-electron chi connectivity index (χ4n) is 1.19. The maximum absolute atomic E-state index is 11.3. The lowest BCUT2D eigenvalue weighted by atomic mass is 9.93. The van der Waals surface area contributed by atoms with Crippen LogP contribution in [0.3, 0.4) is 0 Å². The number of H-pyrrole nitrogens is 1. The molecular formula is C12H20N2O2. The van der Waals surface area contributed by atoms with E-state index in [-0.39, 0.29) is 11.0 Å². The molecule has 0 radical (unpaired) electrons. The van der Waals surface area contributed by atoms with E-state index in [4.69, 9.17) is 4.74 Å². The van der Waals surface area contributed by atoms with Crippen LogP contribution in [0.1, 0.15) is 39.9 Å². The third-order valence-electron chi connectivity index (χ3n) is 2.20. The number of nitrogens with one attached hydrogen (secondary N) is 1. The summed E-state index contributed by atoms with van der Waals surface area (Å²) in [4.78, 5) is 18.1. The highest BCUT2D eigenvalue weighted by molar-refractivity contribution is 5.08. The maximum atomic E-state index is 11.3. The molecule has 0 saturated heterocycles. The van der Waals surface area contributed by atoms with Gasteiger partial charge < -0.3 is 9.72 Å². The molecule has 0 unspecified atom stereocenters. The maximum Gasteiger partial charge on any atom is 0.254 e. The predicted molar refractivity (Wildman–Crippen MR) is 63.8 cm³/mol. The lowest BCUT2D eigenvalue weighted by Gasteiger charge is -2.17. The Kier molecular flexibility index (Phi) is 4.10. The Morgan fingerprint density at radius 2 is 2.12 bits per heavy atom. The van der Waals surface area contributed by atoms with E-state index >= 15 is 0 Å². The molecular weight excluding hydrogens is 204 g/mol. The van der Waals surface area contributed by atoms with E-state index in [0.29, 0.717) is 24.7 Å². The minimum absolute atomic E-state index is 0.155. The zero-order valence-corrected chi connectivity index (χ0v) is 10.5. The largest absolute Gasteiger partial charge is 0.477 e. The van der Waals surface area contributed by atoms with Crippen molar-refractivity contribution in [2.24, 2.45) is 5.41 Å². The second kappa shape index (κ2) is 5.14. The molecule has 1 rings (SSSR count). The van der Waals surface area contributed by atoms with Crippen molar-refractivity contribution in [3.8, 4) is 5.88 Å². The van der Waals surface area contributed by atoms with Gasteiger partial charge in [0.15, 0.2) is 0 Å².